The normalized spacial score (nSPS) is 24.9. The van der Waals surface area contributed by atoms with Crippen LogP contribution in [0.4, 0.5) is 0 Å². The Hall–Kier alpha value is -5.05. The highest BCUT2D eigenvalue weighted by Gasteiger charge is 2.39. The second-order valence-corrected chi connectivity index (χ2v) is 17.1. The summed E-state index contributed by atoms with van der Waals surface area (Å²) in [5.74, 6) is -8.43. The van der Waals surface area contributed by atoms with Crippen molar-refractivity contribution in [2.24, 2.45) is 34.0 Å². The summed E-state index contributed by atoms with van der Waals surface area (Å²) in [5, 5.41) is 36.2. The van der Waals surface area contributed by atoms with E-state index < -0.39 is 120 Å². The summed E-state index contributed by atoms with van der Waals surface area (Å²) in [6.45, 7) is 11.3. The van der Waals surface area contributed by atoms with Crippen molar-refractivity contribution in [2.75, 3.05) is 6.54 Å². The number of nitrogens with two attached hydrogens (primary N) is 3. The molecule has 1 aliphatic rings. The van der Waals surface area contributed by atoms with Crippen LogP contribution < -0.4 is 49.1 Å². The highest BCUT2D eigenvalue weighted by Crippen LogP contribution is 2.16. The first-order valence-electron chi connectivity index (χ1n) is 22.8. The molecule has 1 unspecified atom stereocenters. The molecule has 1 rings (SSSR count). The number of hydrogen-bond donors (Lipinski definition) is 11. The second-order valence-electron chi connectivity index (χ2n) is 17.1. The molecule has 0 aliphatic carbocycles. The lowest BCUT2D eigenvalue weighted by Gasteiger charge is -2.32. The molecule has 7 amide bonds. The number of nitrogens with zero attached hydrogens (tertiary/aromatic N) is 1. The number of amides is 7. The molecule has 0 aromatic carbocycles. The number of aliphatic hydroxyl groups is 2. The fourth-order valence-corrected chi connectivity index (χ4v) is 7.00. The summed E-state index contributed by atoms with van der Waals surface area (Å²) < 4.78 is 5.56. The van der Waals surface area contributed by atoms with E-state index in [2.05, 4.69) is 36.9 Å². The Labute approximate surface area is 377 Å². The summed E-state index contributed by atoms with van der Waals surface area (Å²) >= 11 is 0. The van der Waals surface area contributed by atoms with E-state index in [4.69, 9.17) is 21.9 Å². The number of nitrogens with one attached hydrogen (secondary N) is 6. The number of carbonyl (C=O) groups is 8. The van der Waals surface area contributed by atoms with Crippen molar-refractivity contribution in [2.45, 2.75) is 199 Å². The Morgan fingerprint density at radius 2 is 1.14 bits per heavy atom. The van der Waals surface area contributed by atoms with Crippen molar-refractivity contribution >= 4 is 53.3 Å². The van der Waals surface area contributed by atoms with Gasteiger partial charge in [-0.25, -0.2) is 4.79 Å². The molecule has 0 bridgehead atoms. The Morgan fingerprint density at radius 1 is 0.672 bits per heavy atom. The minimum atomic E-state index is -1.68. The maximum absolute atomic E-state index is 14.1. The first-order chi connectivity index (χ1) is 30.1. The van der Waals surface area contributed by atoms with Gasteiger partial charge in [0.2, 0.25) is 41.4 Å². The molecule has 1 fully saturated rings. The molecule has 1 heterocycles. The predicted octanol–water partition coefficient (Wildman–Crippen LogP) is -0.476. The molecular formula is C43H78N10O11. The van der Waals surface area contributed by atoms with Crippen LogP contribution in [0.25, 0.3) is 0 Å². The second kappa shape index (κ2) is 30.2. The highest BCUT2D eigenvalue weighted by molar-refractivity contribution is 5.98. The highest BCUT2D eigenvalue weighted by atomic mass is 16.5. The first kappa shape index (κ1) is 57.0. The average molecular weight is 911 g/mol. The summed E-state index contributed by atoms with van der Waals surface area (Å²) in [6, 6.07) is -8.96. The van der Waals surface area contributed by atoms with Crippen LogP contribution in [0.5, 0.6) is 0 Å². The van der Waals surface area contributed by atoms with E-state index in [0.29, 0.717) is 32.2 Å². The topological polar surface area (TPSA) is 349 Å². The molecule has 21 heteroatoms. The van der Waals surface area contributed by atoms with Crippen LogP contribution >= 0.6 is 0 Å². The van der Waals surface area contributed by atoms with Gasteiger partial charge in [0.1, 0.15) is 42.4 Å². The Balaban J connectivity index is 3.28. The van der Waals surface area contributed by atoms with Gasteiger partial charge in [-0.3, -0.25) is 38.6 Å². The number of hydrogen-bond acceptors (Lipinski definition) is 12. The van der Waals surface area contributed by atoms with E-state index in [0.717, 1.165) is 57.8 Å². The zero-order valence-electron chi connectivity index (χ0n) is 38.9. The lowest BCUT2D eigenvalue weighted by atomic mass is 9.94. The molecule has 64 heavy (non-hydrogen) atoms. The van der Waals surface area contributed by atoms with E-state index in [9.17, 15) is 48.6 Å². The first-order valence-corrected chi connectivity index (χ1v) is 22.8. The maximum Gasteiger partial charge on any atom is 0.328 e. The van der Waals surface area contributed by atoms with E-state index in [1.807, 2.05) is 0 Å². The van der Waals surface area contributed by atoms with E-state index >= 15 is 0 Å². The smallest absolute Gasteiger partial charge is 0.328 e. The van der Waals surface area contributed by atoms with E-state index in [1.165, 1.54) is 20.8 Å². The van der Waals surface area contributed by atoms with Gasteiger partial charge in [-0.15, -0.1) is 0 Å². The van der Waals surface area contributed by atoms with E-state index in [1.54, 1.807) is 27.7 Å². The standard InChI is InChI=1S/C43H78N10O11/c1-8-24(3)33-38(59)51-34(25(4)9-2)39(60)53-35(27(6)54)40(61)49-30(23-31(44)56)37(58)48-26(5)42(63)64-28(7)36(41(62)52-33)50-32(57)22-29(55)20-18-16-14-12-10-11-13-15-17-19-21-47-43(45)46/h24-30,33-36,54-55H,8-23H2,1-7H3,(H2,44,56)(H,48,58)(H,49,61)(H,50,57)(H,51,59)(H,52,62)(H,53,60)(H4,45,46,47)/t24-,25+,26-,27-,28-,29?,30-,33-,34+,35-,36+/m1/s1. The SMILES string of the molecule is CC[C@@H](C)[C@H]1NC(=O)[C@@H](NC(=O)CC(O)CCCCCCCCCCCCN=C(N)N)[C@@H](C)OC(=O)[C@@H](C)NC(=O)[C@@H](CC(N)=O)NC(=O)[C@@H]([C@@H](C)O)NC(=O)[C@H]([C@@H](C)CC)NC1=O. The van der Waals surface area contributed by atoms with Gasteiger partial charge in [0.15, 0.2) is 5.96 Å². The third-order valence-electron chi connectivity index (χ3n) is 11.4. The summed E-state index contributed by atoms with van der Waals surface area (Å²) in [5.41, 5.74) is 16.0. The third kappa shape index (κ3) is 21.6. The van der Waals surface area contributed by atoms with Crippen LogP contribution in [0.15, 0.2) is 4.99 Å². The lowest BCUT2D eigenvalue weighted by molar-refractivity contribution is -0.155. The summed E-state index contributed by atoms with van der Waals surface area (Å²) in [4.78, 5) is 111. The number of esters is 1. The zero-order chi connectivity index (χ0) is 48.5. The molecule has 0 aromatic heterocycles. The van der Waals surface area contributed by atoms with Gasteiger partial charge < -0.3 is 64.1 Å². The molecule has 21 nitrogen and oxygen atoms in total. The van der Waals surface area contributed by atoms with Crippen LogP contribution in [-0.4, -0.2) is 125 Å². The molecule has 0 aromatic rings. The molecule has 0 radical (unpaired) electrons. The number of primary amides is 1. The molecule has 14 N–H and O–H groups in total. The van der Waals surface area contributed by atoms with Gasteiger partial charge in [0, 0.05) is 6.54 Å². The number of ether oxygens (including phenoxy) is 1. The van der Waals surface area contributed by atoms with Gasteiger partial charge >= 0.3 is 5.97 Å². The predicted molar refractivity (Wildman–Crippen MR) is 239 cm³/mol. The number of carbonyl (C=O) groups excluding carboxylic acids is 8. The van der Waals surface area contributed by atoms with Crippen LogP contribution in [-0.2, 0) is 43.1 Å². The zero-order valence-corrected chi connectivity index (χ0v) is 38.9. The summed E-state index contributed by atoms with van der Waals surface area (Å²) in [6.07, 6.45) is 6.07. The van der Waals surface area contributed by atoms with Gasteiger partial charge in [-0.1, -0.05) is 98.3 Å². The number of guanidine groups is 1. The minimum Gasteiger partial charge on any atom is -0.458 e. The number of unbranched alkanes of at least 4 members (excludes halogenated alkanes) is 9. The molecule has 0 saturated carbocycles. The van der Waals surface area contributed by atoms with E-state index in [-0.39, 0.29) is 12.4 Å². The molecular weight excluding hydrogens is 833 g/mol. The minimum absolute atomic E-state index is 0.112. The van der Waals surface area contributed by atoms with Gasteiger partial charge in [-0.2, -0.15) is 0 Å². The van der Waals surface area contributed by atoms with Crippen LogP contribution in [0, 0.1) is 11.8 Å². The van der Waals surface area contributed by atoms with Crippen molar-refractivity contribution < 1.29 is 53.3 Å². The summed E-state index contributed by atoms with van der Waals surface area (Å²) in [7, 11) is 0. The van der Waals surface area contributed by atoms with Crippen LogP contribution in [0.3, 0.4) is 0 Å². The molecule has 1 aliphatic heterocycles. The van der Waals surface area contributed by atoms with Gasteiger partial charge in [0.25, 0.3) is 0 Å². The Kier molecular flexibility index (Phi) is 26.8. The van der Waals surface area contributed by atoms with Crippen LogP contribution in [0.2, 0.25) is 0 Å². The van der Waals surface area contributed by atoms with Gasteiger partial charge in [-0.05, 0) is 45.4 Å². The largest absolute Gasteiger partial charge is 0.458 e. The molecule has 366 valence electrons. The fourth-order valence-electron chi connectivity index (χ4n) is 7.00. The van der Waals surface area contributed by atoms with Crippen molar-refractivity contribution in [1.82, 2.24) is 31.9 Å². The van der Waals surface area contributed by atoms with Crippen molar-refractivity contribution in [3.8, 4) is 0 Å². The molecule has 11 atom stereocenters. The Bertz CT molecular complexity index is 1560. The molecule has 1 saturated heterocycles. The fraction of sp³-hybridized carbons (Fsp3) is 0.791. The third-order valence-corrected chi connectivity index (χ3v) is 11.4. The number of aliphatic hydroxyl groups excluding tert-OH is 2. The monoisotopic (exact) mass is 911 g/mol. The number of aliphatic imine (C=N–C) groups is 1. The molecule has 0 spiro atoms. The van der Waals surface area contributed by atoms with Gasteiger partial charge in [0.05, 0.1) is 25.0 Å². The number of cyclic esters (lactones) is 1. The van der Waals surface area contributed by atoms with Crippen LogP contribution in [0.1, 0.15) is 145 Å². The Morgan fingerprint density at radius 3 is 1.62 bits per heavy atom. The van der Waals surface area contributed by atoms with Crippen molar-refractivity contribution in [3.63, 3.8) is 0 Å². The maximum atomic E-state index is 14.1. The van der Waals surface area contributed by atoms with Crippen molar-refractivity contribution in [3.05, 3.63) is 0 Å². The lowest BCUT2D eigenvalue weighted by Crippen LogP contribution is -2.63. The average Bonchev–Trinajstić information content (AvgIpc) is 3.22. The number of rotatable bonds is 23. The van der Waals surface area contributed by atoms with Crippen molar-refractivity contribution in [1.29, 1.82) is 0 Å². The quantitative estimate of drug-likeness (QED) is 0.0268.